The molecule has 1 amide bonds. The van der Waals surface area contributed by atoms with Gasteiger partial charge in [-0.3, -0.25) is 14.8 Å². The van der Waals surface area contributed by atoms with E-state index in [1.165, 1.54) is 35.1 Å². The summed E-state index contributed by atoms with van der Waals surface area (Å²) in [4.78, 5) is 11.9. The van der Waals surface area contributed by atoms with Gasteiger partial charge in [-0.2, -0.15) is 5.10 Å². The summed E-state index contributed by atoms with van der Waals surface area (Å²) in [6, 6.07) is 7.20. The van der Waals surface area contributed by atoms with Gasteiger partial charge in [-0.15, -0.1) is 0 Å². The summed E-state index contributed by atoms with van der Waals surface area (Å²) < 4.78 is 23.7. The van der Waals surface area contributed by atoms with Gasteiger partial charge in [0.05, 0.1) is 4.90 Å². The van der Waals surface area contributed by atoms with Crippen LogP contribution in [-0.2, 0) is 17.1 Å². The third kappa shape index (κ3) is 3.87. The molecule has 1 heterocycles. The van der Waals surface area contributed by atoms with Crippen molar-refractivity contribution >= 4 is 38.9 Å². The number of anilines is 1. The lowest BCUT2D eigenvalue weighted by atomic mass is 10.3. The molecule has 2 rings (SSSR count). The van der Waals surface area contributed by atoms with Crippen molar-refractivity contribution in [2.75, 3.05) is 5.32 Å². The molecular weight excluding hydrogens is 326 g/mol. The fourth-order valence-electron chi connectivity index (χ4n) is 1.65. The van der Waals surface area contributed by atoms with Crippen LogP contribution in [0.15, 0.2) is 41.4 Å². The molecule has 0 aliphatic heterocycles. The second-order valence-corrected chi connectivity index (χ2v) is 6.29. The molecule has 2 aromatic rings. The van der Waals surface area contributed by atoms with Crippen LogP contribution in [0.25, 0.3) is 0 Å². The van der Waals surface area contributed by atoms with Crippen LogP contribution in [0.1, 0.15) is 10.5 Å². The third-order valence-electron chi connectivity index (χ3n) is 2.72. The van der Waals surface area contributed by atoms with Crippen molar-refractivity contribution in [3.63, 3.8) is 0 Å². The molecule has 8 nitrogen and oxygen atoms in total. The Bertz CT molecular complexity index is 812. The molecule has 1 aromatic heterocycles. The second-order valence-electron chi connectivity index (χ2n) is 4.32. The minimum atomic E-state index is -3.74. The minimum Gasteiger partial charge on any atom is -0.332 e. The van der Waals surface area contributed by atoms with Crippen LogP contribution in [0.2, 0.25) is 0 Å². The summed E-state index contributed by atoms with van der Waals surface area (Å²) in [5.41, 5.74) is 0.872. The summed E-state index contributed by atoms with van der Waals surface area (Å²) in [5, 5.41) is 14.2. The predicted molar refractivity (Wildman–Crippen MR) is 84.7 cm³/mol. The van der Waals surface area contributed by atoms with Crippen LogP contribution in [0.4, 0.5) is 5.69 Å². The van der Waals surface area contributed by atoms with E-state index in [1.807, 2.05) is 0 Å². The first kappa shape index (κ1) is 16.1. The van der Waals surface area contributed by atoms with E-state index in [1.54, 1.807) is 13.1 Å². The lowest BCUT2D eigenvalue weighted by Crippen LogP contribution is -2.35. The minimum absolute atomic E-state index is 0.0112. The van der Waals surface area contributed by atoms with Gasteiger partial charge in [-0.05, 0) is 42.5 Å². The quantitative estimate of drug-likeness (QED) is 0.687. The van der Waals surface area contributed by atoms with Gasteiger partial charge >= 0.3 is 0 Å². The highest BCUT2D eigenvalue weighted by molar-refractivity contribution is 7.89. The SMILES string of the molecule is Cn1nccc1C(=O)NC(=S)Nc1ccc(S(N)(=O)=O)cc1. The molecule has 0 saturated carbocycles. The maximum Gasteiger partial charge on any atom is 0.275 e. The summed E-state index contributed by atoms with van der Waals surface area (Å²) in [5.74, 6) is -0.404. The number of thiocarbonyl (C=S) groups is 1. The number of aromatic nitrogens is 2. The number of carbonyl (C=O) groups excluding carboxylic acids is 1. The molecule has 0 radical (unpaired) electrons. The first-order valence-corrected chi connectivity index (χ1v) is 7.96. The van der Waals surface area contributed by atoms with Gasteiger partial charge in [-0.25, -0.2) is 13.6 Å². The molecule has 0 aliphatic rings. The van der Waals surface area contributed by atoms with Crippen LogP contribution in [0.3, 0.4) is 0 Å². The molecular formula is C12H13N5O3S2. The average Bonchev–Trinajstić information content (AvgIpc) is 2.84. The largest absolute Gasteiger partial charge is 0.332 e. The number of hydrogen-bond donors (Lipinski definition) is 3. The van der Waals surface area contributed by atoms with E-state index in [2.05, 4.69) is 15.7 Å². The number of carbonyl (C=O) groups is 1. The Morgan fingerprint density at radius 2 is 1.91 bits per heavy atom. The zero-order valence-electron chi connectivity index (χ0n) is 11.5. The highest BCUT2D eigenvalue weighted by Gasteiger charge is 2.12. The van der Waals surface area contributed by atoms with Gasteiger partial charge in [0.25, 0.3) is 5.91 Å². The molecule has 0 aliphatic carbocycles. The van der Waals surface area contributed by atoms with Crippen molar-refractivity contribution in [3.05, 3.63) is 42.2 Å². The van der Waals surface area contributed by atoms with E-state index < -0.39 is 15.9 Å². The summed E-state index contributed by atoms with van der Waals surface area (Å²) in [6.07, 6.45) is 1.50. The van der Waals surface area contributed by atoms with Crippen molar-refractivity contribution < 1.29 is 13.2 Å². The third-order valence-corrected chi connectivity index (χ3v) is 3.85. The number of primary sulfonamides is 1. The Labute approximate surface area is 132 Å². The number of nitrogens with zero attached hydrogens (tertiary/aromatic N) is 2. The Morgan fingerprint density at radius 3 is 2.41 bits per heavy atom. The van der Waals surface area contributed by atoms with Gasteiger partial charge in [0.1, 0.15) is 5.69 Å². The lowest BCUT2D eigenvalue weighted by molar-refractivity contribution is 0.0968. The van der Waals surface area contributed by atoms with Crippen molar-refractivity contribution in [2.45, 2.75) is 4.90 Å². The summed E-state index contributed by atoms with van der Waals surface area (Å²) in [7, 11) is -2.11. The first-order chi connectivity index (χ1) is 10.3. The highest BCUT2D eigenvalue weighted by atomic mass is 32.2. The Balaban J connectivity index is 2.01. The standard InChI is InChI=1S/C12H13N5O3S2/c1-17-10(6-7-14-17)11(18)16-12(21)15-8-2-4-9(5-3-8)22(13,19)20/h2-7H,1H3,(H2,13,19,20)(H2,15,16,18,21). The van der Waals surface area contributed by atoms with E-state index in [-0.39, 0.29) is 10.0 Å². The Hall–Kier alpha value is -2.30. The van der Waals surface area contributed by atoms with E-state index >= 15 is 0 Å². The fraction of sp³-hybridized carbons (Fsp3) is 0.0833. The van der Waals surface area contributed by atoms with Crippen molar-refractivity contribution in [1.82, 2.24) is 15.1 Å². The molecule has 0 spiro atoms. The number of sulfonamides is 1. The maximum atomic E-state index is 11.9. The van der Waals surface area contributed by atoms with Crippen LogP contribution in [0.5, 0.6) is 0 Å². The summed E-state index contributed by atoms with van der Waals surface area (Å²) in [6.45, 7) is 0. The molecule has 1 aromatic carbocycles. The van der Waals surface area contributed by atoms with E-state index in [4.69, 9.17) is 17.4 Å². The monoisotopic (exact) mass is 339 g/mol. The molecule has 0 atom stereocenters. The first-order valence-electron chi connectivity index (χ1n) is 6.00. The number of benzene rings is 1. The number of nitrogens with two attached hydrogens (primary N) is 1. The van der Waals surface area contributed by atoms with Crippen molar-refractivity contribution in [1.29, 1.82) is 0 Å². The topological polar surface area (TPSA) is 119 Å². The number of rotatable bonds is 3. The average molecular weight is 339 g/mol. The molecule has 0 saturated heterocycles. The van der Waals surface area contributed by atoms with Crippen LogP contribution in [-0.4, -0.2) is 29.2 Å². The van der Waals surface area contributed by atoms with Crippen molar-refractivity contribution in [3.8, 4) is 0 Å². The van der Waals surface area contributed by atoms with Gasteiger partial charge in [-0.1, -0.05) is 0 Å². The molecule has 0 fully saturated rings. The fourth-order valence-corrected chi connectivity index (χ4v) is 2.38. The van der Waals surface area contributed by atoms with Crippen LogP contribution < -0.4 is 15.8 Å². The maximum absolute atomic E-state index is 11.9. The second kappa shape index (κ2) is 6.22. The van der Waals surface area contributed by atoms with Gasteiger partial charge in [0.2, 0.25) is 10.0 Å². The van der Waals surface area contributed by atoms with E-state index in [9.17, 15) is 13.2 Å². The van der Waals surface area contributed by atoms with Gasteiger partial charge < -0.3 is 5.32 Å². The molecule has 22 heavy (non-hydrogen) atoms. The van der Waals surface area contributed by atoms with Crippen molar-refractivity contribution in [2.24, 2.45) is 12.2 Å². The molecule has 10 heteroatoms. The number of hydrogen-bond acceptors (Lipinski definition) is 5. The molecule has 4 N–H and O–H groups in total. The van der Waals surface area contributed by atoms with E-state index in [0.717, 1.165) is 0 Å². The van der Waals surface area contributed by atoms with Crippen LogP contribution in [0, 0.1) is 0 Å². The molecule has 116 valence electrons. The number of aryl methyl sites for hydroxylation is 1. The van der Waals surface area contributed by atoms with E-state index in [0.29, 0.717) is 11.4 Å². The predicted octanol–water partition coefficient (Wildman–Crippen LogP) is 0.194. The Morgan fingerprint density at radius 1 is 1.27 bits per heavy atom. The zero-order chi connectivity index (χ0) is 16.3. The lowest BCUT2D eigenvalue weighted by Gasteiger charge is -2.10. The highest BCUT2D eigenvalue weighted by Crippen LogP contribution is 2.12. The summed E-state index contributed by atoms with van der Waals surface area (Å²) >= 11 is 5.02. The number of nitrogens with one attached hydrogen (secondary N) is 2. The van der Waals surface area contributed by atoms with Crippen LogP contribution >= 0.6 is 12.2 Å². The molecule has 0 bridgehead atoms. The number of amides is 1. The Kier molecular flexibility index (Phi) is 4.54. The normalized spacial score (nSPS) is 11.0. The van der Waals surface area contributed by atoms with Gasteiger partial charge in [0, 0.05) is 18.9 Å². The smallest absolute Gasteiger partial charge is 0.275 e. The zero-order valence-corrected chi connectivity index (χ0v) is 13.1. The molecule has 0 unspecified atom stereocenters. The van der Waals surface area contributed by atoms with Gasteiger partial charge in [0.15, 0.2) is 5.11 Å².